The molecule has 0 aliphatic carbocycles. The Kier molecular flexibility index (Phi) is 4.41. The van der Waals surface area contributed by atoms with Gasteiger partial charge in [-0.1, -0.05) is 6.07 Å². The summed E-state index contributed by atoms with van der Waals surface area (Å²) in [5, 5.41) is 2.33. The highest BCUT2D eigenvalue weighted by Crippen LogP contribution is 2.26. The third kappa shape index (κ3) is 3.92. The van der Waals surface area contributed by atoms with E-state index in [2.05, 4.69) is 5.32 Å². The summed E-state index contributed by atoms with van der Waals surface area (Å²) in [7, 11) is 0. The lowest BCUT2D eigenvalue weighted by atomic mass is 9.99. The Morgan fingerprint density at radius 2 is 1.88 bits per heavy atom. The number of benzene rings is 1. The SMILES string of the molecule is CC(C)(C)OC(=O)N1CCc2cc(N3CCC(=O)NC3=O)ccc2C1. The molecule has 0 unspecified atom stereocenters. The lowest BCUT2D eigenvalue weighted by Crippen LogP contribution is -2.49. The number of hydrogen-bond donors (Lipinski definition) is 1. The van der Waals surface area contributed by atoms with Crippen LogP contribution < -0.4 is 10.2 Å². The van der Waals surface area contributed by atoms with Crippen LogP contribution in [0.1, 0.15) is 38.3 Å². The summed E-state index contributed by atoms with van der Waals surface area (Å²) >= 11 is 0. The first-order valence-corrected chi connectivity index (χ1v) is 8.44. The highest BCUT2D eigenvalue weighted by atomic mass is 16.6. The standard InChI is InChI=1S/C18H23N3O4/c1-18(2,3)25-17(24)20-8-6-12-10-14(5-4-13(12)11-20)21-9-7-15(22)19-16(21)23/h4-5,10H,6-9,11H2,1-3H3,(H,19,22,23). The number of anilines is 1. The second kappa shape index (κ2) is 6.38. The van der Waals surface area contributed by atoms with Crippen LogP contribution >= 0.6 is 0 Å². The van der Waals surface area contributed by atoms with Crippen LogP contribution in [-0.2, 0) is 22.5 Å². The van der Waals surface area contributed by atoms with Crippen LogP contribution in [0.25, 0.3) is 0 Å². The van der Waals surface area contributed by atoms with E-state index in [1.54, 1.807) is 9.80 Å². The van der Waals surface area contributed by atoms with E-state index < -0.39 is 5.60 Å². The van der Waals surface area contributed by atoms with E-state index in [0.29, 0.717) is 32.5 Å². The average molecular weight is 345 g/mol. The second-order valence-electron chi connectivity index (χ2n) is 7.36. The van der Waals surface area contributed by atoms with E-state index in [1.807, 2.05) is 39.0 Å². The molecule has 0 saturated carbocycles. The number of hydrogen-bond acceptors (Lipinski definition) is 4. The minimum atomic E-state index is -0.514. The van der Waals surface area contributed by atoms with Crippen molar-refractivity contribution >= 4 is 23.7 Å². The van der Waals surface area contributed by atoms with Crippen LogP contribution in [0.15, 0.2) is 18.2 Å². The number of amides is 4. The van der Waals surface area contributed by atoms with Gasteiger partial charge in [-0.05, 0) is 50.5 Å². The van der Waals surface area contributed by atoms with Gasteiger partial charge in [0.15, 0.2) is 0 Å². The Morgan fingerprint density at radius 1 is 1.12 bits per heavy atom. The molecule has 7 heteroatoms. The molecule has 0 bridgehead atoms. The average Bonchev–Trinajstić information content (AvgIpc) is 2.52. The van der Waals surface area contributed by atoms with E-state index in [0.717, 1.165) is 16.8 Å². The molecule has 25 heavy (non-hydrogen) atoms. The maximum atomic E-state index is 12.2. The molecule has 0 spiro atoms. The summed E-state index contributed by atoms with van der Waals surface area (Å²) in [5.41, 5.74) is 2.42. The van der Waals surface area contributed by atoms with Gasteiger partial charge in [0.1, 0.15) is 5.60 Å². The van der Waals surface area contributed by atoms with E-state index >= 15 is 0 Å². The van der Waals surface area contributed by atoms with E-state index in [-0.39, 0.29) is 18.0 Å². The molecule has 0 atom stereocenters. The summed E-state index contributed by atoms with van der Waals surface area (Å²) in [5.74, 6) is -0.243. The predicted octanol–water partition coefficient (Wildman–Crippen LogP) is 2.43. The highest BCUT2D eigenvalue weighted by molar-refractivity contribution is 6.05. The molecule has 0 radical (unpaired) electrons. The van der Waals surface area contributed by atoms with Gasteiger partial charge in [0.05, 0.1) is 0 Å². The molecule has 134 valence electrons. The third-order valence-corrected chi connectivity index (χ3v) is 4.22. The molecule has 0 aromatic heterocycles. The summed E-state index contributed by atoms with van der Waals surface area (Å²) in [4.78, 5) is 38.7. The van der Waals surface area contributed by atoms with E-state index in [9.17, 15) is 14.4 Å². The highest BCUT2D eigenvalue weighted by Gasteiger charge is 2.28. The number of carbonyl (C=O) groups excluding carboxylic acids is 3. The molecule has 2 aliphatic rings. The molecule has 1 fully saturated rings. The van der Waals surface area contributed by atoms with E-state index in [1.165, 1.54) is 0 Å². The molecule has 4 amide bonds. The first-order chi connectivity index (χ1) is 11.7. The quantitative estimate of drug-likeness (QED) is 0.848. The number of rotatable bonds is 1. The molecule has 1 N–H and O–H groups in total. The first kappa shape index (κ1) is 17.3. The van der Waals surface area contributed by atoms with Crippen LogP contribution in [0.2, 0.25) is 0 Å². The van der Waals surface area contributed by atoms with Gasteiger partial charge in [-0.15, -0.1) is 0 Å². The van der Waals surface area contributed by atoms with E-state index in [4.69, 9.17) is 4.74 Å². The summed E-state index contributed by atoms with van der Waals surface area (Å²) in [6.07, 6.45) is 0.697. The lowest BCUT2D eigenvalue weighted by Gasteiger charge is -2.32. The van der Waals surface area contributed by atoms with Crippen molar-refractivity contribution in [1.82, 2.24) is 10.2 Å². The Labute approximate surface area is 146 Å². The second-order valence-corrected chi connectivity index (χ2v) is 7.36. The number of ether oxygens (including phenoxy) is 1. The van der Waals surface area contributed by atoms with Gasteiger partial charge in [0.2, 0.25) is 5.91 Å². The van der Waals surface area contributed by atoms with Gasteiger partial charge >= 0.3 is 12.1 Å². The Bertz CT molecular complexity index is 724. The van der Waals surface area contributed by atoms with Gasteiger partial charge in [0.25, 0.3) is 0 Å². The minimum absolute atomic E-state index is 0.243. The zero-order valence-corrected chi connectivity index (χ0v) is 14.8. The first-order valence-electron chi connectivity index (χ1n) is 8.44. The fraction of sp³-hybridized carbons (Fsp3) is 0.500. The molecule has 1 aromatic rings. The molecule has 2 heterocycles. The predicted molar refractivity (Wildman–Crippen MR) is 92.3 cm³/mol. The van der Waals surface area contributed by atoms with Crippen LogP contribution in [0.4, 0.5) is 15.3 Å². The zero-order chi connectivity index (χ0) is 18.2. The Morgan fingerprint density at radius 3 is 2.56 bits per heavy atom. The monoisotopic (exact) mass is 345 g/mol. The number of carbonyl (C=O) groups is 3. The Balaban J connectivity index is 1.72. The number of nitrogens with one attached hydrogen (secondary N) is 1. The van der Waals surface area contributed by atoms with Crippen molar-refractivity contribution in [2.24, 2.45) is 0 Å². The maximum Gasteiger partial charge on any atom is 0.410 e. The topological polar surface area (TPSA) is 79.0 Å². The van der Waals surface area contributed by atoms with Gasteiger partial charge in [-0.25, -0.2) is 9.59 Å². The fourth-order valence-corrected chi connectivity index (χ4v) is 3.00. The number of urea groups is 1. The van der Waals surface area contributed by atoms with Crippen molar-refractivity contribution in [2.45, 2.75) is 45.8 Å². The summed E-state index contributed by atoms with van der Waals surface area (Å²) in [6, 6.07) is 5.37. The summed E-state index contributed by atoms with van der Waals surface area (Å²) in [6.45, 7) is 7.01. The molecular weight excluding hydrogens is 322 g/mol. The molecule has 7 nitrogen and oxygen atoms in total. The smallest absolute Gasteiger partial charge is 0.410 e. The molecule has 1 saturated heterocycles. The molecule has 3 rings (SSSR count). The van der Waals surface area contributed by atoms with Crippen LogP contribution in [0, 0.1) is 0 Å². The van der Waals surface area contributed by atoms with Crippen molar-refractivity contribution < 1.29 is 19.1 Å². The molecular formula is C18H23N3O4. The van der Waals surface area contributed by atoms with Crippen molar-refractivity contribution in [2.75, 3.05) is 18.0 Å². The molecule has 1 aromatic carbocycles. The van der Waals surface area contributed by atoms with Crippen LogP contribution in [0.3, 0.4) is 0 Å². The largest absolute Gasteiger partial charge is 0.444 e. The fourth-order valence-electron chi connectivity index (χ4n) is 3.00. The normalized spacial score (nSPS) is 17.9. The van der Waals surface area contributed by atoms with Crippen molar-refractivity contribution in [3.05, 3.63) is 29.3 Å². The Hall–Kier alpha value is -2.57. The zero-order valence-electron chi connectivity index (χ0n) is 14.8. The van der Waals surface area contributed by atoms with Crippen molar-refractivity contribution in [1.29, 1.82) is 0 Å². The number of nitrogens with zero attached hydrogens (tertiary/aromatic N) is 2. The minimum Gasteiger partial charge on any atom is -0.444 e. The van der Waals surface area contributed by atoms with Gasteiger partial charge < -0.3 is 9.64 Å². The summed E-state index contributed by atoms with van der Waals surface area (Å²) < 4.78 is 5.43. The lowest BCUT2D eigenvalue weighted by molar-refractivity contribution is -0.120. The maximum absolute atomic E-state index is 12.2. The van der Waals surface area contributed by atoms with Crippen LogP contribution in [0.5, 0.6) is 0 Å². The number of fused-ring (bicyclic) bond motifs is 1. The number of imide groups is 1. The van der Waals surface area contributed by atoms with Crippen LogP contribution in [-0.4, -0.2) is 41.6 Å². The van der Waals surface area contributed by atoms with Gasteiger partial charge in [-0.3, -0.25) is 15.0 Å². The van der Waals surface area contributed by atoms with Crippen molar-refractivity contribution in [3.63, 3.8) is 0 Å². The van der Waals surface area contributed by atoms with Crippen molar-refractivity contribution in [3.8, 4) is 0 Å². The molecule has 2 aliphatic heterocycles. The van der Waals surface area contributed by atoms with Gasteiger partial charge in [0, 0.05) is 31.7 Å². The van der Waals surface area contributed by atoms with Gasteiger partial charge in [-0.2, -0.15) is 0 Å². The third-order valence-electron chi connectivity index (χ3n) is 4.22.